The molecule has 4 heteroatoms. The van der Waals surface area contributed by atoms with Gasteiger partial charge in [0.05, 0.1) is 24.4 Å². The Labute approximate surface area is 101 Å². The van der Waals surface area contributed by atoms with E-state index in [1.165, 1.54) is 0 Å². The second-order valence-corrected chi connectivity index (χ2v) is 5.08. The molecule has 1 aromatic rings. The predicted molar refractivity (Wildman–Crippen MR) is 64.1 cm³/mol. The first-order valence-electron chi connectivity index (χ1n) is 6.25. The molecule has 2 bridgehead atoms. The first kappa shape index (κ1) is 11.0. The quantitative estimate of drug-likeness (QED) is 0.734. The van der Waals surface area contributed by atoms with Gasteiger partial charge in [-0.15, -0.1) is 0 Å². The monoisotopic (exact) mass is 234 g/mol. The zero-order chi connectivity index (χ0) is 11.8. The van der Waals surface area contributed by atoms with Crippen LogP contribution in [0, 0.1) is 0 Å². The van der Waals surface area contributed by atoms with Crippen LogP contribution in [0.2, 0.25) is 0 Å². The summed E-state index contributed by atoms with van der Waals surface area (Å²) >= 11 is 0. The third-order valence-corrected chi connectivity index (χ3v) is 3.72. The second kappa shape index (κ2) is 4.27. The van der Waals surface area contributed by atoms with Gasteiger partial charge in [-0.25, -0.2) is 0 Å². The van der Waals surface area contributed by atoms with Gasteiger partial charge >= 0.3 is 0 Å². The van der Waals surface area contributed by atoms with Crippen molar-refractivity contribution in [3.63, 3.8) is 0 Å². The minimum Gasteiger partial charge on any atom is -0.372 e. The molecule has 2 aliphatic rings. The van der Waals surface area contributed by atoms with Crippen LogP contribution in [0.5, 0.6) is 0 Å². The molecule has 0 aromatic carbocycles. The maximum absolute atomic E-state index is 12.1. The Balaban J connectivity index is 1.64. The van der Waals surface area contributed by atoms with Crippen LogP contribution in [-0.2, 0) is 11.8 Å². The van der Waals surface area contributed by atoms with Crippen LogP contribution >= 0.6 is 0 Å². The number of fused-ring (bicyclic) bond motifs is 2. The minimum atomic E-state index is 0.207. The smallest absolute Gasteiger partial charge is 0.193 e. The number of rotatable bonds is 3. The van der Waals surface area contributed by atoms with E-state index in [9.17, 15) is 4.79 Å². The lowest BCUT2D eigenvalue weighted by atomic mass is 10.2. The predicted octanol–water partition coefficient (Wildman–Crippen LogP) is 1.07. The number of aryl methyl sites for hydroxylation is 1. The highest BCUT2D eigenvalue weighted by molar-refractivity contribution is 5.96. The van der Waals surface area contributed by atoms with E-state index in [1.54, 1.807) is 0 Å². The van der Waals surface area contributed by atoms with Crippen LogP contribution in [0.3, 0.4) is 0 Å². The first-order chi connectivity index (χ1) is 8.22. The number of hydrogen-bond acceptors (Lipinski definition) is 3. The van der Waals surface area contributed by atoms with Gasteiger partial charge in [0.2, 0.25) is 0 Å². The Morgan fingerprint density at radius 3 is 2.71 bits per heavy atom. The number of ketones is 1. The van der Waals surface area contributed by atoms with Crippen LogP contribution in [0.25, 0.3) is 0 Å². The SMILES string of the molecule is Cn1cccc1C(=O)CN1CC2CCC(C1)O2. The fourth-order valence-corrected chi connectivity index (χ4v) is 2.86. The lowest BCUT2D eigenvalue weighted by Crippen LogP contribution is -2.44. The van der Waals surface area contributed by atoms with E-state index in [4.69, 9.17) is 4.74 Å². The molecule has 3 heterocycles. The molecule has 2 saturated heterocycles. The van der Waals surface area contributed by atoms with Crippen molar-refractivity contribution < 1.29 is 9.53 Å². The highest BCUT2D eigenvalue weighted by Gasteiger charge is 2.34. The van der Waals surface area contributed by atoms with E-state index in [0.717, 1.165) is 31.6 Å². The van der Waals surface area contributed by atoms with Crippen molar-refractivity contribution in [2.75, 3.05) is 19.6 Å². The Kier molecular flexibility index (Phi) is 2.76. The fourth-order valence-electron chi connectivity index (χ4n) is 2.86. The van der Waals surface area contributed by atoms with Crippen molar-refractivity contribution in [2.45, 2.75) is 25.0 Å². The van der Waals surface area contributed by atoms with Gasteiger partial charge in [-0.3, -0.25) is 9.69 Å². The first-order valence-corrected chi connectivity index (χ1v) is 6.25. The fraction of sp³-hybridized carbons (Fsp3) is 0.615. The number of carbonyl (C=O) groups is 1. The van der Waals surface area contributed by atoms with Crippen LogP contribution < -0.4 is 0 Å². The van der Waals surface area contributed by atoms with Crippen molar-refractivity contribution in [2.24, 2.45) is 7.05 Å². The van der Waals surface area contributed by atoms with Gasteiger partial charge in [-0.2, -0.15) is 0 Å². The normalized spacial score (nSPS) is 28.5. The summed E-state index contributed by atoms with van der Waals surface area (Å²) in [6, 6.07) is 3.80. The molecule has 92 valence electrons. The number of nitrogens with zero attached hydrogens (tertiary/aromatic N) is 2. The summed E-state index contributed by atoms with van der Waals surface area (Å²) < 4.78 is 7.65. The molecule has 3 rings (SSSR count). The topological polar surface area (TPSA) is 34.5 Å². The molecule has 0 aliphatic carbocycles. The Bertz CT molecular complexity index is 415. The van der Waals surface area contributed by atoms with E-state index < -0.39 is 0 Å². The van der Waals surface area contributed by atoms with Gasteiger partial charge in [0.25, 0.3) is 0 Å². The van der Waals surface area contributed by atoms with Crippen molar-refractivity contribution in [3.8, 4) is 0 Å². The molecule has 2 atom stereocenters. The zero-order valence-electron chi connectivity index (χ0n) is 10.1. The number of morpholine rings is 1. The number of Topliss-reactive ketones (excluding diaryl/α,β-unsaturated/α-hetero) is 1. The maximum Gasteiger partial charge on any atom is 0.193 e. The maximum atomic E-state index is 12.1. The number of likely N-dealkylation sites (tertiary alicyclic amines) is 1. The number of ether oxygens (including phenoxy) is 1. The standard InChI is InChI=1S/C13H18N2O2/c1-14-6-2-3-12(14)13(16)9-15-7-10-4-5-11(8-15)17-10/h2-3,6,10-11H,4-5,7-9H2,1H3. The van der Waals surface area contributed by atoms with Crippen molar-refractivity contribution in [1.29, 1.82) is 0 Å². The molecule has 0 radical (unpaired) electrons. The van der Waals surface area contributed by atoms with E-state index in [1.807, 2.05) is 29.9 Å². The molecule has 2 fully saturated rings. The highest BCUT2D eigenvalue weighted by Crippen LogP contribution is 2.26. The molecular weight excluding hydrogens is 216 g/mol. The van der Waals surface area contributed by atoms with Gasteiger partial charge in [0.1, 0.15) is 0 Å². The summed E-state index contributed by atoms with van der Waals surface area (Å²) in [5.41, 5.74) is 0.795. The van der Waals surface area contributed by atoms with Crippen molar-refractivity contribution in [1.82, 2.24) is 9.47 Å². The summed E-state index contributed by atoms with van der Waals surface area (Å²) in [6.45, 7) is 2.34. The summed E-state index contributed by atoms with van der Waals surface area (Å²) in [4.78, 5) is 14.4. The van der Waals surface area contributed by atoms with Crippen LogP contribution in [-0.4, -0.2) is 47.1 Å². The molecule has 1 aromatic heterocycles. The average molecular weight is 234 g/mol. The third kappa shape index (κ3) is 2.15. The lowest BCUT2D eigenvalue weighted by molar-refractivity contribution is -0.0356. The average Bonchev–Trinajstić information content (AvgIpc) is 2.85. The molecule has 2 unspecified atom stereocenters. The van der Waals surface area contributed by atoms with E-state index in [2.05, 4.69) is 4.90 Å². The summed E-state index contributed by atoms with van der Waals surface area (Å²) in [5.74, 6) is 0.207. The largest absolute Gasteiger partial charge is 0.372 e. The molecule has 0 spiro atoms. The Morgan fingerprint density at radius 1 is 1.41 bits per heavy atom. The van der Waals surface area contributed by atoms with E-state index in [0.29, 0.717) is 18.8 Å². The number of aromatic nitrogens is 1. The minimum absolute atomic E-state index is 0.207. The Morgan fingerprint density at radius 2 is 2.12 bits per heavy atom. The molecule has 4 nitrogen and oxygen atoms in total. The third-order valence-electron chi connectivity index (χ3n) is 3.72. The van der Waals surface area contributed by atoms with Gasteiger partial charge < -0.3 is 9.30 Å². The molecule has 0 amide bonds. The van der Waals surface area contributed by atoms with E-state index in [-0.39, 0.29) is 5.78 Å². The molecule has 0 N–H and O–H groups in total. The second-order valence-electron chi connectivity index (χ2n) is 5.08. The Hall–Kier alpha value is -1.13. The highest BCUT2D eigenvalue weighted by atomic mass is 16.5. The number of carbonyl (C=O) groups excluding carboxylic acids is 1. The summed E-state index contributed by atoms with van der Waals surface area (Å²) in [6.07, 6.45) is 4.93. The molecule has 17 heavy (non-hydrogen) atoms. The van der Waals surface area contributed by atoms with Gasteiger partial charge in [-0.1, -0.05) is 0 Å². The summed E-state index contributed by atoms with van der Waals surface area (Å²) in [7, 11) is 1.91. The molecular formula is C13H18N2O2. The van der Waals surface area contributed by atoms with Gasteiger partial charge in [0.15, 0.2) is 5.78 Å². The van der Waals surface area contributed by atoms with E-state index >= 15 is 0 Å². The van der Waals surface area contributed by atoms with Crippen LogP contribution in [0.1, 0.15) is 23.3 Å². The molecule has 0 saturated carbocycles. The van der Waals surface area contributed by atoms with Gasteiger partial charge in [-0.05, 0) is 25.0 Å². The van der Waals surface area contributed by atoms with Crippen LogP contribution in [0.15, 0.2) is 18.3 Å². The lowest BCUT2D eigenvalue weighted by Gasteiger charge is -2.31. The number of hydrogen-bond donors (Lipinski definition) is 0. The zero-order valence-corrected chi connectivity index (χ0v) is 10.1. The summed E-state index contributed by atoms with van der Waals surface area (Å²) in [5, 5.41) is 0. The van der Waals surface area contributed by atoms with Gasteiger partial charge in [0, 0.05) is 26.3 Å². The van der Waals surface area contributed by atoms with Crippen molar-refractivity contribution in [3.05, 3.63) is 24.0 Å². The van der Waals surface area contributed by atoms with Crippen LogP contribution in [0.4, 0.5) is 0 Å². The van der Waals surface area contributed by atoms with Crippen molar-refractivity contribution >= 4 is 5.78 Å². The molecule has 2 aliphatic heterocycles.